The molecule has 3 aromatic rings. The third-order valence-corrected chi connectivity index (χ3v) is 3.48. The van der Waals surface area contributed by atoms with Gasteiger partial charge in [-0.05, 0) is 38.1 Å². The van der Waals surface area contributed by atoms with E-state index in [0.29, 0.717) is 0 Å². The quantitative estimate of drug-likeness (QED) is 0.718. The number of hydrogen-bond acceptors (Lipinski definition) is 3. The van der Waals surface area contributed by atoms with Crippen molar-refractivity contribution in [2.75, 3.05) is 6.61 Å². The second-order valence-corrected chi connectivity index (χ2v) is 5.08. The molecule has 1 atom stereocenters. The number of benzene rings is 1. The van der Waals surface area contributed by atoms with E-state index in [1.165, 1.54) is 0 Å². The lowest BCUT2D eigenvalue weighted by molar-refractivity contribution is 0.0643. The highest BCUT2D eigenvalue weighted by Crippen LogP contribution is 2.22. The van der Waals surface area contributed by atoms with Crippen molar-refractivity contribution in [3.05, 3.63) is 48.9 Å². The molecule has 108 valence electrons. The van der Waals surface area contributed by atoms with Gasteiger partial charge in [0, 0.05) is 36.1 Å². The predicted molar refractivity (Wildman–Crippen MR) is 84.1 cm³/mol. The Hall–Kier alpha value is -2.20. The van der Waals surface area contributed by atoms with Crippen molar-refractivity contribution >= 4 is 10.9 Å². The summed E-state index contributed by atoms with van der Waals surface area (Å²) in [6, 6.07) is 10.3. The first-order valence-electron chi connectivity index (χ1n) is 7.26. The van der Waals surface area contributed by atoms with Gasteiger partial charge in [-0.1, -0.05) is 6.07 Å². The summed E-state index contributed by atoms with van der Waals surface area (Å²) in [5, 5.41) is 1.13. The summed E-state index contributed by atoms with van der Waals surface area (Å²) in [5.41, 5.74) is 2.10. The first kappa shape index (κ1) is 13.8. The second kappa shape index (κ2) is 6.06. The number of ether oxygens (including phenoxy) is 1. The van der Waals surface area contributed by atoms with Gasteiger partial charge in [0.1, 0.15) is 5.82 Å². The van der Waals surface area contributed by atoms with Crippen molar-refractivity contribution in [3.8, 4) is 11.4 Å². The van der Waals surface area contributed by atoms with E-state index in [4.69, 9.17) is 4.74 Å². The molecule has 0 bridgehead atoms. The molecule has 0 saturated heterocycles. The van der Waals surface area contributed by atoms with E-state index in [-0.39, 0.29) is 6.10 Å². The first-order chi connectivity index (χ1) is 10.3. The summed E-state index contributed by atoms with van der Waals surface area (Å²) in [7, 11) is 0. The molecule has 0 aliphatic carbocycles. The van der Waals surface area contributed by atoms with Gasteiger partial charge in [0.25, 0.3) is 0 Å². The Balaban J connectivity index is 1.93. The lowest BCUT2D eigenvalue weighted by Gasteiger charge is -2.14. The van der Waals surface area contributed by atoms with E-state index in [1.807, 2.05) is 37.6 Å². The SMILES string of the molecule is CCOC(C)Cn1ccnc1-c1ccc2ncccc2c1. The molecular formula is C17H19N3O. The number of hydrogen-bond donors (Lipinski definition) is 0. The van der Waals surface area contributed by atoms with Gasteiger partial charge in [0.05, 0.1) is 18.2 Å². The van der Waals surface area contributed by atoms with Gasteiger partial charge in [0.15, 0.2) is 0 Å². The minimum Gasteiger partial charge on any atom is -0.377 e. The van der Waals surface area contributed by atoms with Crippen molar-refractivity contribution in [2.24, 2.45) is 0 Å². The van der Waals surface area contributed by atoms with Gasteiger partial charge in [-0.3, -0.25) is 4.98 Å². The highest BCUT2D eigenvalue weighted by molar-refractivity contribution is 5.83. The van der Waals surface area contributed by atoms with Crippen LogP contribution < -0.4 is 0 Å². The third-order valence-electron chi connectivity index (χ3n) is 3.48. The molecule has 21 heavy (non-hydrogen) atoms. The summed E-state index contributed by atoms with van der Waals surface area (Å²) in [6.45, 7) is 5.63. The second-order valence-electron chi connectivity index (χ2n) is 5.08. The molecule has 0 aliphatic rings. The van der Waals surface area contributed by atoms with Crippen LogP contribution in [0.3, 0.4) is 0 Å². The fraction of sp³-hybridized carbons (Fsp3) is 0.294. The van der Waals surface area contributed by atoms with Crippen LogP contribution in [-0.4, -0.2) is 27.2 Å². The van der Waals surface area contributed by atoms with Crippen LogP contribution in [0.4, 0.5) is 0 Å². The largest absolute Gasteiger partial charge is 0.377 e. The first-order valence-corrected chi connectivity index (χ1v) is 7.26. The van der Waals surface area contributed by atoms with E-state index in [1.54, 1.807) is 0 Å². The van der Waals surface area contributed by atoms with Gasteiger partial charge in [0.2, 0.25) is 0 Å². The zero-order valence-corrected chi connectivity index (χ0v) is 12.4. The molecule has 0 amide bonds. The predicted octanol–water partition coefficient (Wildman–Crippen LogP) is 3.52. The highest BCUT2D eigenvalue weighted by Gasteiger charge is 2.10. The third kappa shape index (κ3) is 2.95. The van der Waals surface area contributed by atoms with Crippen LogP contribution in [0.2, 0.25) is 0 Å². The maximum absolute atomic E-state index is 5.62. The van der Waals surface area contributed by atoms with Crippen molar-refractivity contribution < 1.29 is 4.74 Å². The van der Waals surface area contributed by atoms with Crippen molar-refractivity contribution in [1.82, 2.24) is 14.5 Å². The van der Waals surface area contributed by atoms with Crippen molar-refractivity contribution in [1.29, 1.82) is 0 Å². The standard InChI is InChI=1S/C17H19N3O/c1-3-21-13(2)12-20-10-9-19-17(20)15-6-7-16-14(11-15)5-4-8-18-16/h4-11,13H,3,12H2,1-2H3. The van der Waals surface area contributed by atoms with Crippen LogP contribution in [0.15, 0.2) is 48.9 Å². The van der Waals surface area contributed by atoms with E-state index < -0.39 is 0 Å². The summed E-state index contributed by atoms with van der Waals surface area (Å²) in [4.78, 5) is 8.85. The minimum absolute atomic E-state index is 0.171. The lowest BCUT2D eigenvalue weighted by atomic mass is 10.1. The highest BCUT2D eigenvalue weighted by atomic mass is 16.5. The van der Waals surface area contributed by atoms with Gasteiger partial charge >= 0.3 is 0 Å². The molecular weight excluding hydrogens is 262 g/mol. The smallest absolute Gasteiger partial charge is 0.139 e. The van der Waals surface area contributed by atoms with E-state index in [2.05, 4.69) is 39.7 Å². The maximum atomic E-state index is 5.62. The average Bonchev–Trinajstić information content (AvgIpc) is 2.95. The molecule has 2 heterocycles. The zero-order valence-electron chi connectivity index (χ0n) is 12.4. The Kier molecular flexibility index (Phi) is 3.97. The van der Waals surface area contributed by atoms with Crippen LogP contribution >= 0.6 is 0 Å². The molecule has 0 fully saturated rings. The molecule has 0 saturated carbocycles. The Morgan fingerprint density at radius 2 is 2.10 bits per heavy atom. The fourth-order valence-electron chi connectivity index (χ4n) is 2.55. The molecule has 2 aromatic heterocycles. The molecule has 0 spiro atoms. The average molecular weight is 281 g/mol. The molecule has 1 unspecified atom stereocenters. The normalized spacial score (nSPS) is 12.7. The van der Waals surface area contributed by atoms with Crippen molar-refractivity contribution in [3.63, 3.8) is 0 Å². The molecule has 4 heteroatoms. The van der Waals surface area contributed by atoms with E-state index in [0.717, 1.165) is 35.4 Å². The van der Waals surface area contributed by atoms with E-state index >= 15 is 0 Å². The number of nitrogens with zero attached hydrogens (tertiary/aromatic N) is 3. The Morgan fingerprint density at radius 1 is 1.19 bits per heavy atom. The monoisotopic (exact) mass is 281 g/mol. The van der Waals surface area contributed by atoms with Crippen molar-refractivity contribution in [2.45, 2.75) is 26.5 Å². The Labute approximate surface area is 124 Å². The lowest BCUT2D eigenvalue weighted by Crippen LogP contribution is -2.16. The molecule has 4 nitrogen and oxygen atoms in total. The number of imidazole rings is 1. The van der Waals surface area contributed by atoms with Gasteiger partial charge in [-0.15, -0.1) is 0 Å². The number of aromatic nitrogens is 3. The summed E-state index contributed by atoms with van der Waals surface area (Å²) in [6.07, 6.45) is 5.82. The van der Waals surface area contributed by atoms with Crippen LogP contribution in [0.25, 0.3) is 22.3 Å². The summed E-state index contributed by atoms with van der Waals surface area (Å²) < 4.78 is 7.75. The van der Waals surface area contributed by atoms with Crippen LogP contribution in [-0.2, 0) is 11.3 Å². The maximum Gasteiger partial charge on any atom is 0.139 e. The number of pyridine rings is 1. The topological polar surface area (TPSA) is 39.9 Å². The number of fused-ring (bicyclic) bond motifs is 1. The fourth-order valence-corrected chi connectivity index (χ4v) is 2.55. The molecule has 1 aromatic carbocycles. The van der Waals surface area contributed by atoms with Gasteiger partial charge in [-0.2, -0.15) is 0 Å². The molecule has 0 N–H and O–H groups in total. The van der Waals surface area contributed by atoms with Gasteiger partial charge in [-0.25, -0.2) is 4.98 Å². The van der Waals surface area contributed by atoms with Crippen LogP contribution in [0.1, 0.15) is 13.8 Å². The van der Waals surface area contributed by atoms with Crippen LogP contribution in [0, 0.1) is 0 Å². The summed E-state index contributed by atoms with van der Waals surface area (Å²) >= 11 is 0. The van der Waals surface area contributed by atoms with Crippen LogP contribution in [0.5, 0.6) is 0 Å². The van der Waals surface area contributed by atoms with E-state index in [9.17, 15) is 0 Å². The zero-order chi connectivity index (χ0) is 14.7. The Bertz CT molecular complexity index is 735. The molecule has 3 rings (SSSR count). The number of rotatable bonds is 5. The summed E-state index contributed by atoms with van der Waals surface area (Å²) in [5.74, 6) is 0.965. The van der Waals surface area contributed by atoms with Gasteiger partial charge < -0.3 is 9.30 Å². The molecule has 0 radical (unpaired) electrons. The minimum atomic E-state index is 0.171. The molecule has 0 aliphatic heterocycles. The Morgan fingerprint density at radius 3 is 2.95 bits per heavy atom.